The molecule has 386 valence electrons. The van der Waals surface area contributed by atoms with Crippen LogP contribution in [0.3, 0.4) is 0 Å². The highest BCUT2D eigenvalue weighted by Gasteiger charge is 2.32. The summed E-state index contributed by atoms with van der Waals surface area (Å²) in [5.74, 6) is 2.76. The number of rotatable bonds is 9. The number of alkyl halides is 3. The van der Waals surface area contributed by atoms with Crippen LogP contribution in [-0.4, -0.2) is 39.0 Å². The minimum absolute atomic E-state index is 0.193. The van der Waals surface area contributed by atoms with Gasteiger partial charge in [-0.3, -0.25) is 0 Å². The Labute approximate surface area is 466 Å². The zero-order valence-corrected chi connectivity index (χ0v) is 43.1. The minimum Gasteiger partial charge on any atom is -0.308 e. The van der Waals surface area contributed by atoms with Gasteiger partial charge in [0.25, 0.3) is 0 Å². The predicted octanol–water partition coefficient (Wildman–Crippen LogP) is 16.7. The molecule has 0 fully saturated rings. The van der Waals surface area contributed by atoms with Gasteiger partial charge in [-0.25, -0.2) is 29.9 Å². The summed E-state index contributed by atoms with van der Waals surface area (Å²) >= 11 is 0. The first-order valence-corrected chi connectivity index (χ1v) is 26.2. The van der Waals surface area contributed by atoms with Crippen molar-refractivity contribution in [1.29, 1.82) is 10.5 Å². The summed E-state index contributed by atoms with van der Waals surface area (Å²) in [7, 11) is 0. The van der Waals surface area contributed by atoms with Crippen molar-refractivity contribution in [3.05, 3.63) is 253 Å². The number of halogens is 3. The maximum atomic E-state index is 14.4. The number of nitriles is 2. The Bertz CT molecular complexity index is 4550. The van der Waals surface area contributed by atoms with E-state index in [4.69, 9.17) is 29.9 Å². The molecular formula is C69H39F3N10. The molecular weight excluding hydrogens is 1030 g/mol. The summed E-state index contributed by atoms with van der Waals surface area (Å²) in [6.07, 6.45) is -4.71. The van der Waals surface area contributed by atoms with Crippen molar-refractivity contribution in [2.45, 2.75) is 6.18 Å². The maximum absolute atomic E-state index is 14.4. The molecule has 13 heteroatoms. The molecule has 10 aromatic carbocycles. The molecule has 4 aromatic heterocycles. The third-order valence-corrected chi connectivity index (χ3v) is 14.7. The van der Waals surface area contributed by atoms with Crippen molar-refractivity contribution < 1.29 is 13.2 Å². The molecule has 0 spiro atoms. The number of fused-ring (bicyclic) bond motifs is 6. The fourth-order valence-electron chi connectivity index (χ4n) is 10.9. The summed E-state index contributed by atoms with van der Waals surface area (Å²) in [4.78, 5) is 30.1. The van der Waals surface area contributed by atoms with E-state index in [1.165, 1.54) is 6.07 Å². The summed E-state index contributed by atoms with van der Waals surface area (Å²) in [6.45, 7) is 0. The first-order valence-electron chi connectivity index (χ1n) is 26.2. The number of benzene rings is 10. The van der Waals surface area contributed by atoms with Crippen LogP contribution in [0.15, 0.2) is 237 Å². The number of hydrogen-bond donors (Lipinski definition) is 0. The minimum atomic E-state index is -4.71. The van der Waals surface area contributed by atoms with Gasteiger partial charge in [0.2, 0.25) is 0 Å². The predicted molar refractivity (Wildman–Crippen MR) is 314 cm³/mol. The Morgan fingerprint density at radius 3 is 1.04 bits per heavy atom. The van der Waals surface area contributed by atoms with Gasteiger partial charge in [0, 0.05) is 54.9 Å². The van der Waals surface area contributed by atoms with Gasteiger partial charge in [-0.05, 0) is 59.7 Å². The van der Waals surface area contributed by atoms with Crippen LogP contribution in [0.4, 0.5) is 13.2 Å². The highest BCUT2D eigenvalue weighted by atomic mass is 19.4. The molecule has 0 amide bonds. The highest BCUT2D eigenvalue weighted by Crippen LogP contribution is 2.43. The second kappa shape index (κ2) is 19.8. The number of nitrogens with zero attached hydrogens (tertiary/aromatic N) is 10. The van der Waals surface area contributed by atoms with Crippen molar-refractivity contribution in [2.24, 2.45) is 0 Å². The summed E-state index contributed by atoms with van der Waals surface area (Å²) < 4.78 is 47.2. The van der Waals surface area contributed by atoms with Crippen LogP contribution < -0.4 is 0 Å². The van der Waals surface area contributed by atoms with E-state index in [1.54, 1.807) is 12.1 Å². The van der Waals surface area contributed by atoms with E-state index in [9.17, 15) is 23.7 Å². The van der Waals surface area contributed by atoms with E-state index in [0.29, 0.717) is 74.0 Å². The molecule has 0 aliphatic rings. The summed E-state index contributed by atoms with van der Waals surface area (Å²) in [5, 5.41) is 26.0. The van der Waals surface area contributed by atoms with Crippen LogP contribution in [0.2, 0.25) is 0 Å². The Hall–Kier alpha value is -11.4. The third-order valence-electron chi connectivity index (χ3n) is 14.7. The van der Waals surface area contributed by atoms with Gasteiger partial charge in [0.15, 0.2) is 34.9 Å². The lowest BCUT2D eigenvalue weighted by Crippen LogP contribution is -2.07. The lowest BCUT2D eigenvalue weighted by atomic mass is 9.95. The van der Waals surface area contributed by atoms with E-state index in [1.807, 2.05) is 215 Å². The number of para-hydroxylation sites is 2. The van der Waals surface area contributed by atoms with Crippen LogP contribution >= 0.6 is 0 Å². The zero-order valence-electron chi connectivity index (χ0n) is 43.1. The van der Waals surface area contributed by atoms with Crippen LogP contribution in [0.25, 0.3) is 134 Å². The highest BCUT2D eigenvalue weighted by molar-refractivity contribution is 6.12. The Balaban J connectivity index is 1.05. The molecule has 0 saturated carbocycles. The van der Waals surface area contributed by atoms with Gasteiger partial charge in [0.1, 0.15) is 11.6 Å². The quantitative estimate of drug-likeness (QED) is 0.139. The normalized spacial score (nSPS) is 11.6. The zero-order chi connectivity index (χ0) is 55.5. The molecule has 0 N–H and O–H groups in total. The SMILES string of the molecule is N#Cc1cc(C(F)(F)F)ccc1-c1cc(-n2c3ccccc3c3ccc(-c4nc(-c5ccccc5)nc(-c5ccccc5)n4)cc32)c(C#N)c(-n2c3ccccc3c3ccc(-c4nc(-c5ccccc5)nc(-c5ccccc5)n4)cc32)c1. The Morgan fingerprint density at radius 2 is 0.671 bits per heavy atom. The molecule has 0 atom stereocenters. The molecule has 4 heterocycles. The van der Waals surface area contributed by atoms with Crippen molar-refractivity contribution in [3.63, 3.8) is 0 Å². The summed E-state index contributed by atoms with van der Waals surface area (Å²) in [5.41, 5.74) is 7.97. The van der Waals surface area contributed by atoms with Crippen LogP contribution in [0.5, 0.6) is 0 Å². The molecule has 0 unspecified atom stereocenters. The van der Waals surface area contributed by atoms with E-state index in [-0.39, 0.29) is 16.7 Å². The lowest BCUT2D eigenvalue weighted by Gasteiger charge is -2.19. The van der Waals surface area contributed by atoms with Crippen LogP contribution in [-0.2, 0) is 6.18 Å². The fourth-order valence-corrected chi connectivity index (χ4v) is 10.9. The molecule has 82 heavy (non-hydrogen) atoms. The van der Waals surface area contributed by atoms with E-state index in [0.717, 1.165) is 67.0 Å². The van der Waals surface area contributed by atoms with Gasteiger partial charge >= 0.3 is 6.18 Å². The van der Waals surface area contributed by atoms with Gasteiger partial charge in [-0.2, -0.15) is 23.7 Å². The van der Waals surface area contributed by atoms with Gasteiger partial charge in [-0.1, -0.05) is 188 Å². The van der Waals surface area contributed by atoms with Gasteiger partial charge in [0.05, 0.1) is 50.6 Å². The largest absolute Gasteiger partial charge is 0.416 e. The third kappa shape index (κ3) is 8.54. The topological polar surface area (TPSA) is 135 Å². The number of hydrogen-bond acceptors (Lipinski definition) is 8. The maximum Gasteiger partial charge on any atom is 0.416 e. The van der Waals surface area contributed by atoms with Crippen molar-refractivity contribution in [3.8, 4) is 103 Å². The molecule has 0 aliphatic heterocycles. The van der Waals surface area contributed by atoms with Crippen LogP contribution in [0.1, 0.15) is 16.7 Å². The molecule has 0 aliphatic carbocycles. The van der Waals surface area contributed by atoms with Gasteiger partial charge in [-0.15, -0.1) is 0 Å². The Morgan fingerprint density at radius 1 is 0.317 bits per heavy atom. The molecule has 0 radical (unpaired) electrons. The molecule has 0 saturated heterocycles. The van der Waals surface area contributed by atoms with E-state index < -0.39 is 11.7 Å². The van der Waals surface area contributed by atoms with Gasteiger partial charge < -0.3 is 9.13 Å². The lowest BCUT2D eigenvalue weighted by molar-refractivity contribution is -0.137. The molecule has 14 aromatic rings. The average Bonchev–Trinajstić information content (AvgIpc) is 3.05. The summed E-state index contributed by atoms with van der Waals surface area (Å²) in [6, 6.07) is 77.9. The molecule has 10 nitrogen and oxygen atoms in total. The first-order chi connectivity index (χ1) is 40.2. The second-order valence-electron chi connectivity index (χ2n) is 19.6. The monoisotopic (exact) mass is 1060 g/mol. The Kier molecular flexibility index (Phi) is 11.8. The van der Waals surface area contributed by atoms with Crippen LogP contribution in [0, 0.1) is 22.7 Å². The second-order valence-corrected chi connectivity index (χ2v) is 19.6. The standard InChI is InChI=1S/C69H39F3N10/c70-69(71,72)50-31-34-51(49(35-50)40-73)48-38-61(81-57-27-15-13-25-52(57)54-32-29-46(36-59(54)81)67-77-63(42-17-5-1-6-18-42)75-64(78-67)43-19-7-2-8-20-43)56(41-74)62(39-48)82-58-28-16-14-26-53(58)55-33-30-47(37-60(55)82)68-79-65(44-21-9-3-10-22-44)76-66(80-68)45-23-11-4-12-24-45/h1-39H. The fraction of sp³-hybridized carbons (Fsp3) is 0.0145. The molecule has 0 bridgehead atoms. The van der Waals surface area contributed by atoms with Crippen molar-refractivity contribution in [2.75, 3.05) is 0 Å². The van der Waals surface area contributed by atoms with Crippen molar-refractivity contribution in [1.82, 2.24) is 39.0 Å². The van der Waals surface area contributed by atoms with E-state index in [2.05, 4.69) is 12.1 Å². The average molecular weight is 1070 g/mol. The smallest absolute Gasteiger partial charge is 0.308 e. The van der Waals surface area contributed by atoms with E-state index >= 15 is 0 Å². The first kappa shape index (κ1) is 48.9. The van der Waals surface area contributed by atoms with Crippen molar-refractivity contribution >= 4 is 43.6 Å². The number of aromatic nitrogens is 8. The molecule has 14 rings (SSSR count).